The van der Waals surface area contributed by atoms with Crippen molar-refractivity contribution >= 4 is 34.7 Å². The molecule has 1 atom stereocenters. The molecule has 3 aromatic rings. The first-order valence-electron chi connectivity index (χ1n) is 10.1. The number of aryl methyl sites for hydroxylation is 2. The highest BCUT2D eigenvalue weighted by Crippen LogP contribution is 2.43. The van der Waals surface area contributed by atoms with Gasteiger partial charge in [-0.2, -0.15) is 0 Å². The number of ether oxygens (including phenoxy) is 1. The summed E-state index contributed by atoms with van der Waals surface area (Å²) in [6, 6.07) is 18.7. The average Bonchev–Trinajstić information content (AvgIpc) is 3.04. The number of benzene rings is 3. The fourth-order valence-electron chi connectivity index (χ4n) is 4.05. The molecule has 1 fully saturated rings. The minimum absolute atomic E-state index is 0.0360. The van der Waals surface area contributed by atoms with Crippen molar-refractivity contribution in [3.05, 3.63) is 99.6 Å². The van der Waals surface area contributed by atoms with Crippen LogP contribution in [0.2, 0.25) is 5.02 Å². The van der Waals surface area contributed by atoms with Crippen molar-refractivity contribution in [2.45, 2.75) is 19.9 Å². The number of amides is 1. The van der Waals surface area contributed by atoms with Crippen LogP contribution < -0.4 is 9.64 Å². The molecule has 1 saturated heterocycles. The van der Waals surface area contributed by atoms with Gasteiger partial charge in [-0.05, 0) is 61.4 Å². The van der Waals surface area contributed by atoms with E-state index in [1.165, 1.54) is 4.90 Å². The van der Waals surface area contributed by atoms with Crippen LogP contribution in [0.1, 0.15) is 28.3 Å². The number of ketones is 1. The van der Waals surface area contributed by atoms with Crippen LogP contribution in [0.5, 0.6) is 5.75 Å². The molecule has 0 aromatic heterocycles. The van der Waals surface area contributed by atoms with E-state index in [4.69, 9.17) is 16.3 Å². The molecule has 1 aliphatic rings. The van der Waals surface area contributed by atoms with Crippen LogP contribution in [0.25, 0.3) is 5.76 Å². The molecule has 1 aliphatic heterocycles. The molecule has 4 rings (SSSR count). The maximum absolute atomic E-state index is 13.2. The SMILES string of the molecule is COc1ccc(/C(O)=C2/C(=O)C(=O)N(c3cccc(Cl)c3)C2c2cccc(C)c2)c(C)c1. The molecule has 0 spiro atoms. The molecule has 1 N–H and O–H groups in total. The third kappa shape index (κ3) is 3.76. The molecule has 3 aromatic carbocycles. The molecule has 1 amide bonds. The molecule has 0 aliphatic carbocycles. The number of hydrogen-bond acceptors (Lipinski definition) is 4. The maximum Gasteiger partial charge on any atom is 0.300 e. The largest absolute Gasteiger partial charge is 0.507 e. The fourth-order valence-corrected chi connectivity index (χ4v) is 4.24. The Morgan fingerprint density at radius 1 is 1.00 bits per heavy atom. The van der Waals surface area contributed by atoms with Gasteiger partial charge in [-0.15, -0.1) is 0 Å². The molecule has 0 radical (unpaired) electrons. The Morgan fingerprint density at radius 3 is 2.41 bits per heavy atom. The van der Waals surface area contributed by atoms with Crippen molar-refractivity contribution in [2.24, 2.45) is 0 Å². The molecule has 32 heavy (non-hydrogen) atoms. The molecule has 6 heteroatoms. The number of carbonyl (C=O) groups is 2. The van der Waals surface area contributed by atoms with Crippen LogP contribution in [0.3, 0.4) is 0 Å². The molecule has 0 saturated carbocycles. The summed E-state index contributed by atoms with van der Waals surface area (Å²) in [5.74, 6) is -1.05. The molecular weight excluding hydrogens is 426 g/mol. The highest BCUT2D eigenvalue weighted by molar-refractivity contribution is 6.51. The summed E-state index contributed by atoms with van der Waals surface area (Å²) in [5.41, 5.74) is 3.40. The molecule has 1 heterocycles. The number of rotatable bonds is 4. The monoisotopic (exact) mass is 447 g/mol. The fraction of sp³-hybridized carbons (Fsp3) is 0.154. The van der Waals surface area contributed by atoms with Crippen LogP contribution in [0.4, 0.5) is 5.69 Å². The van der Waals surface area contributed by atoms with E-state index in [-0.39, 0.29) is 11.3 Å². The number of methoxy groups -OCH3 is 1. The standard InChI is InChI=1S/C26H22ClNO4/c1-15-6-4-7-17(12-15)23-22(24(29)21-11-10-20(32-3)13-16(21)2)25(30)26(31)28(23)19-9-5-8-18(27)14-19/h4-14,23,29H,1-3H3/b24-22-. The Kier molecular flexibility index (Phi) is 5.76. The lowest BCUT2D eigenvalue weighted by molar-refractivity contribution is -0.132. The van der Waals surface area contributed by atoms with E-state index in [1.807, 2.05) is 38.1 Å². The van der Waals surface area contributed by atoms with E-state index in [0.29, 0.717) is 22.0 Å². The van der Waals surface area contributed by atoms with Crippen LogP contribution in [-0.4, -0.2) is 23.9 Å². The van der Waals surface area contributed by atoms with Gasteiger partial charge in [0.05, 0.1) is 18.7 Å². The predicted molar refractivity (Wildman–Crippen MR) is 125 cm³/mol. The Labute approximate surface area is 191 Å². The Bertz CT molecular complexity index is 1260. The van der Waals surface area contributed by atoms with Gasteiger partial charge >= 0.3 is 0 Å². The highest BCUT2D eigenvalue weighted by atomic mass is 35.5. The highest BCUT2D eigenvalue weighted by Gasteiger charge is 2.47. The predicted octanol–water partition coefficient (Wildman–Crippen LogP) is 5.59. The van der Waals surface area contributed by atoms with Gasteiger partial charge in [0.1, 0.15) is 11.5 Å². The van der Waals surface area contributed by atoms with Crippen molar-refractivity contribution in [1.82, 2.24) is 0 Å². The second-order valence-corrected chi connectivity index (χ2v) is 8.18. The summed E-state index contributed by atoms with van der Waals surface area (Å²) < 4.78 is 5.24. The first-order chi connectivity index (χ1) is 15.3. The first kappa shape index (κ1) is 21.7. The van der Waals surface area contributed by atoms with E-state index in [9.17, 15) is 14.7 Å². The van der Waals surface area contributed by atoms with E-state index in [1.54, 1.807) is 49.6 Å². The third-order valence-corrected chi connectivity index (χ3v) is 5.81. The van der Waals surface area contributed by atoms with Crippen molar-refractivity contribution in [2.75, 3.05) is 12.0 Å². The van der Waals surface area contributed by atoms with Gasteiger partial charge in [-0.1, -0.05) is 47.5 Å². The minimum atomic E-state index is -0.796. The number of anilines is 1. The van der Waals surface area contributed by atoms with Gasteiger partial charge in [-0.3, -0.25) is 14.5 Å². The van der Waals surface area contributed by atoms with E-state index < -0.39 is 17.7 Å². The topological polar surface area (TPSA) is 66.8 Å². The minimum Gasteiger partial charge on any atom is -0.507 e. The summed E-state index contributed by atoms with van der Waals surface area (Å²) in [5, 5.41) is 11.7. The van der Waals surface area contributed by atoms with Gasteiger partial charge in [0.25, 0.3) is 11.7 Å². The number of nitrogens with zero attached hydrogens (tertiary/aromatic N) is 1. The summed E-state index contributed by atoms with van der Waals surface area (Å²) in [7, 11) is 1.56. The lowest BCUT2D eigenvalue weighted by atomic mass is 9.93. The second-order valence-electron chi connectivity index (χ2n) is 7.74. The van der Waals surface area contributed by atoms with E-state index in [0.717, 1.165) is 16.7 Å². The zero-order valence-electron chi connectivity index (χ0n) is 17.9. The average molecular weight is 448 g/mol. The van der Waals surface area contributed by atoms with Gasteiger partial charge in [0.2, 0.25) is 0 Å². The number of hydrogen-bond donors (Lipinski definition) is 1. The Morgan fingerprint density at radius 2 is 1.75 bits per heavy atom. The normalized spacial score (nSPS) is 17.6. The summed E-state index contributed by atoms with van der Waals surface area (Å²) in [6.45, 7) is 3.75. The lowest BCUT2D eigenvalue weighted by Gasteiger charge is -2.26. The molecule has 162 valence electrons. The number of aliphatic hydroxyl groups excluding tert-OH is 1. The first-order valence-corrected chi connectivity index (χ1v) is 10.5. The molecule has 1 unspecified atom stereocenters. The summed E-state index contributed by atoms with van der Waals surface area (Å²) in [6.07, 6.45) is 0. The number of Topliss-reactive ketones (excluding diaryl/α,β-unsaturated/α-hetero) is 1. The summed E-state index contributed by atoms with van der Waals surface area (Å²) in [4.78, 5) is 27.8. The van der Waals surface area contributed by atoms with Gasteiger partial charge in [0, 0.05) is 16.3 Å². The van der Waals surface area contributed by atoms with E-state index in [2.05, 4.69) is 0 Å². The second kappa shape index (κ2) is 8.52. The van der Waals surface area contributed by atoms with Crippen LogP contribution >= 0.6 is 11.6 Å². The van der Waals surface area contributed by atoms with Gasteiger partial charge in [0.15, 0.2) is 0 Å². The molecule has 5 nitrogen and oxygen atoms in total. The number of halogens is 1. The van der Waals surface area contributed by atoms with Crippen molar-refractivity contribution in [3.63, 3.8) is 0 Å². The molecular formula is C26H22ClNO4. The summed E-state index contributed by atoms with van der Waals surface area (Å²) >= 11 is 6.17. The van der Waals surface area contributed by atoms with Gasteiger partial charge in [-0.25, -0.2) is 0 Å². The van der Waals surface area contributed by atoms with Crippen molar-refractivity contribution < 1.29 is 19.4 Å². The van der Waals surface area contributed by atoms with Crippen LogP contribution in [0, 0.1) is 13.8 Å². The third-order valence-electron chi connectivity index (χ3n) is 5.58. The zero-order valence-corrected chi connectivity index (χ0v) is 18.7. The number of carbonyl (C=O) groups excluding carboxylic acids is 2. The van der Waals surface area contributed by atoms with E-state index >= 15 is 0 Å². The Hall–Kier alpha value is -3.57. The zero-order chi connectivity index (χ0) is 23.0. The van der Waals surface area contributed by atoms with Crippen LogP contribution in [0.15, 0.2) is 72.3 Å². The quantitative estimate of drug-likeness (QED) is 0.321. The van der Waals surface area contributed by atoms with Gasteiger partial charge < -0.3 is 9.84 Å². The Balaban J connectivity index is 1.97. The lowest BCUT2D eigenvalue weighted by Crippen LogP contribution is -2.29. The van der Waals surface area contributed by atoms with Crippen LogP contribution in [-0.2, 0) is 9.59 Å². The maximum atomic E-state index is 13.2. The number of aliphatic hydroxyl groups is 1. The van der Waals surface area contributed by atoms with Crippen molar-refractivity contribution in [3.8, 4) is 5.75 Å². The van der Waals surface area contributed by atoms with Crippen molar-refractivity contribution in [1.29, 1.82) is 0 Å². The smallest absolute Gasteiger partial charge is 0.300 e. The molecule has 0 bridgehead atoms.